The number of ether oxygens (including phenoxy) is 2. The average Bonchev–Trinajstić information content (AvgIpc) is 3.11. The van der Waals surface area contributed by atoms with Gasteiger partial charge in [-0.2, -0.15) is 0 Å². The van der Waals surface area contributed by atoms with Crippen molar-refractivity contribution >= 4 is 22.9 Å². The van der Waals surface area contributed by atoms with E-state index in [9.17, 15) is 9.18 Å². The van der Waals surface area contributed by atoms with E-state index in [1.54, 1.807) is 30.3 Å². The summed E-state index contributed by atoms with van der Waals surface area (Å²) >= 11 is 1.34. The van der Waals surface area contributed by atoms with Crippen molar-refractivity contribution < 1.29 is 18.7 Å². The molecule has 3 rings (SSSR count). The van der Waals surface area contributed by atoms with E-state index in [1.807, 2.05) is 24.4 Å². The highest BCUT2D eigenvalue weighted by Crippen LogP contribution is 2.21. The Labute approximate surface area is 155 Å². The molecule has 1 amide bonds. The number of nitrogens with one attached hydrogen (secondary N) is 1. The van der Waals surface area contributed by atoms with Crippen LogP contribution in [0.3, 0.4) is 0 Å². The molecule has 0 spiro atoms. The second-order valence-electron chi connectivity index (χ2n) is 5.48. The average molecular weight is 371 g/mol. The molecule has 0 radical (unpaired) electrons. The van der Waals surface area contributed by atoms with Crippen LogP contribution in [0.5, 0.6) is 11.5 Å². The number of halogens is 1. The first kappa shape index (κ1) is 17.9. The fourth-order valence-corrected chi connectivity index (χ4v) is 3.08. The standard InChI is InChI=1S/C20H18FNO3S/c1-2-24-17-8-6-16(7-9-17)22-20(23)19-10-14(13-26-19)12-25-18-5-3-4-15(21)11-18/h3-11,13H,2,12H2,1H3,(H,22,23). The number of carbonyl (C=O) groups excluding carboxylic acids is 1. The Balaban J connectivity index is 1.57. The molecular weight excluding hydrogens is 353 g/mol. The Morgan fingerprint density at radius 1 is 1.08 bits per heavy atom. The number of amides is 1. The minimum atomic E-state index is -0.344. The van der Waals surface area contributed by atoms with Crippen LogP contribution in [-0.2, 0) is 6.61 Å². The van der Waals surface area contributed by atoms with Crippen LogP contribution in [0.2, 0.25) is 0 Å². The zero-order chi connectivity index (χ0) is 18.4. The zero-order valence-corrected chi connectivity index (χ0v) is 15.0. The lowest BCUT2D eigenvalue weighted by Crippen LogP contribution is -2.10. The first-order chi connectivity index (χ1) is 12.6. The molecule has 0 aliphatic carbocycles. The molecule has 26 heavy (non-hydrogen) atoms. The molecule has 1 aromatic heterocycles. The normalized spacial score (nSPS) is 10.4. The molecule has 0 aliphatic rings. The maximum Gasteiger partial charge on any atom is 0.265 e. The van der Waals surface area contributed by atoms with E-state index < -0.39 is 0 Å². The van der Waals surface area contributed by atoms with Crippen molar-refractivity contribution in [3.05, 3.63) is 76.2 Å². The van der Waals surface area contributed by atoms with Gasteiger partial charge in [-0.05, 0) is 54.8 Å². The fourth-order valence-electron chi connectivity index (χ4n) is 2.29. The summed E-state index contributed by atoms with van der Waals surface area (Å²) in [5.41, 5.74) is 1.56. The third-order valence-electron chi connectivity index (χ3n) is 3.50. The molecule has 6 heteroatoms. The lowest BCUT2D eigenvalue weighted by Gasteiger charge is -2.06. The molecular formula is C20H18FNO3S. The fraction of sp³-hybridized carbons (Fsp3) is 0.150. The van der Waals surface area contributed by atoms with Crippen LogP contribution in [0.15, 0.2) is 60.0 Å². The van der Waals surface area contributed by atoms with Gasteiger partial charge in [0, 0.05) is 17.3 Å². The lowest BCUT2D eigenvalue weighted by atomic mass is 10.3. The predicted molar refractivity (Wildman–Crippen MR) is 101 cm³/mol. The highest BCUT2D eigenvalue weighted by atomic mass is 32.1. The van der Waals surface area contributed by atoms with E-state index in [0.29, 0.717) is 22.9 Å². The minimum Gasteiger partial charge on any atom is -0.494 e. The van der Waals surface area contributed by atoms with E-state index in [0.717, 1.165) is 11.3 Å². The van der Waals surface area contributed by atoms with Crippen LogP contribution in [0, 0.1) is 5.82 Å². The van der Waals surface area contributed by atoms with Crippen molar-refractivity contribution in [3.63, 3.8) is 0 Å². The van der Waals surface area contributed by atoms with Gasteiger partial charge in [-0.3, -0.25) is 4.79 Å². The van der Waals surface area contributed by atoms with Crippen molar-refractivity contribution in [2.45, 2.75) is 13.5 Å². The monoisotopic (exact) mass is 371 g/mol. The van der Waals surface area contributed by atoms with Crippen LogP contribution in [-0.4, -0.2) is 12.5 Å². The third kappa shape index (κ3) is 4.83. The summed E-state index contributed by atoms with van der Waals surface area (Å²) in [4.78, 5) is 12.9. The van der Waals surface area contributed by atoms with Gasteiger partial charge in [0.25, 0.3) is 5.91 Å². The number of carbonyl (C=O) groups is 1. The number of benzene rings is 2. The molecule has 0 atom stereocenters. The molecule has 2 aromatic carbocycles. The summed E-state index contributed by atoms with van der Waals surface area (Å²) in [6.45, 7) is 2.79. The van der Waals surface area contributed by atoms with Crippen molar-refractivity contribution in [2.75, 3.05) is 11.9 Å². The molecule has 4 nitrogen and oxygen atoms in total. The molecule has 0 saturated heterocycles. The smallest absolute Gasteiger partial charge is 0.265 e. The third-order valence-corrected chi connectivity index (χ3v) is 4.48. The maximum atomic E-state index is 13.1. The largest absolute Gasteiger partial charge is 0.494 e. The number of rotatable bonds is 7. The summed E-state index contributed by atoms with van der Waals surface area (Å²) in [5.74, 6) is 0.689. The van der Waals surface area contributed by atoms with Crippen LogP contribution in [0.4, 0.5) is 10.1 Å². The predicted octanol–water partition coefficient (Wildman–Crippen LogP) is 5.12. The summed E-state index contributed by atoms with van der Waals surface area (Å²) in [5, 5.41) is 4.70. The second kappa shape index (κ2) is 8.49. The Bertz CT molecular complexity index is 877. The van der Waals surface area contributed by atoms with Crippen molar-refractivity contribution in [1.82, 2.24) is 0 Å². The van der Waals surface area contributed by atoms with Crippen molar-refractivity contribution in [2.24, 2.45) is 0 Å². The van der Waals surface area contributed by atoms with Gasteiger partial charge in [-0.15, -0.1) is 11.3 Å². The summed E-state index contributed by atoms with van der Waals surface area (Å²) in [6.07, 6.45) is 0. The molecule has 3 aromatic rings. The van der Waals surface area contributed by atoms with Crippen molar-refractivity contribution in [1.29, 1.82) is 0 Å². The lowest BCUT2D eigenvalue weighted by molar-refractivity contribution is 0.103. The minimum absolute atomic E-state index is 0.184. The van der Waals surface area contributed by atoms with E-state index >= 15 is 0 Å². The first-order valence-electron chi connectivity index (χ1n) is 8.14. The van der Waals surface area contributed by atoms with Gasteiger partial charge in [0.15, 0.2) is 0 Å². The summed E-state index contributed by atoms with van der Waals surface area (Å²) in [7, 11) is 0. The molecule has 0 bridgehead atoms. The second-order valence-corrected chi connectivity index (χ2v) is 6.39. The number of anilines is 1. The Hall–Kier alpha value is -2.86. The number of hydrogen-bond acceptors (Lipinski definition) is 4. The van der Waals surface area contributed by atoms with Gasteiger partial charge >= 0.3 is 0 Å². The molecule has 0 saturated carbocycles. The highest BCUT2D eigenvalue weighted by molar-refractivity contribution is 7.12. The quantitative estimate of drug-likeness (QED) is 0.627. The van der Waals surface area contributed by atoms with Gasteiger partial charge in [-0.25, -0.2) is 4.39 Å². The van der Waals surface area contributed by atoms with E-state index in [1.165, 1.54) is 23.5 Å². The number of thiophene rings is 1. The number of hydrogen-bond donors (Lipinski definition) is 1. The van der Waals surface area contributed by atoms with Crippen LogP contribution in [0.1, 0.15) is 22.2 Å². The molecule has 0 aliphatic heterocycles. The van der Waals surface area contributed by atoms with Crippen LogP contribution >= 0.6 is 11.3 Å². The van der Waals surface area contributed by atoms with E-state index in [-0.39, 0.29) is 18.3 Å². The van der Waals surface area contributed by atoms with Gasteiger partial charge in [0.05, 0.1) is 11.5 Å². The SMILES string of the molecule is CCOc1ccc(NC(=O)c2cc(COc3cccc(F)c3)cs2)cc1. The molecule has 1 N–H and O–H groups in total. The van der Waals surface area contributed by atoms with E-state index in [4.69, 9.17) is 9.47 Å². The van der Waals surface area contributed by atoms with Gasteiger partial charge in [0.2, 0.25) is 0 Å². The van der Waals surface area contributed by atoms with Gasteiger partial charge < -0.3 is 14.8 Å². The first-order valence-corrected chi connectivity index (χ1v) is 9.02. The van der Waals surface area contributed by atoms with Crippen LogP contribution in [0.25, 0.3) is 0 Å². The Morgan fingerprint density at radius 3 is 2.62 bits per heavy atom. The Kier molecular flexibility index (Phi) is 5.86. The molecule has 0 unspecified atom stereocenters. The van der Waals surface area contributed by atoms with Crippen molar-refractivity contribution in [3.8, 4) is 11.5 Å². The summed E-state index contributed by atoms with van der Waals surface area (Å²) < 4.78 is 24.1. The highest BCUT2D eigenvalue weighted by Gasteiger charge is 2.10. The summed E-state index contributed by atoms with van der Waals surface area (Å²) in [6, 6.07) is 15.0. The molecule has 1 heterocycles. The van der Waals surface area contributed by atoms with Crippen LogP contribution < -0.4 is 14.8 Å². The van der Waals surface area contributed by atoms with Gasteiger partial charge in [-0.1, -0.05) is 6.07 Å². The topological polar surface area (TPSA) is 47.6 Å². The zero-order valence-electron chi connectivity index (χ0n) is 14.2. The van der Waals surface area contributed by atoms with E-state index in [2.05, 4.69) is 5.32 Å². The maximum absolute atomic E-state index is 13.1. The molecule has 0 fully saturated rings. The molecule has 134 valence electrons. The Morgan fingerprint density at radius 2 is 1.88 bits per heavy atom. The van der Waals surface area contributed by atoms with Gasteiger partial charge in [0.1, 0.15) is 23.9 Å².